The molecule has 130 valence electrons. The van der Waals surface area contributed by atoms with Gasteiger partial charge in [-0.15, -0.1) is 0 Å². The van der Waals surface area contributed by atoms with E-state index >= 15 is 0 Å². The molecule has 0 aliphatic heterocycles. The highest BCUT2D eigenvalue weighted by molar-refractivity contribution is 5.66. The average molecular weight is 323 g/mol. The van der Waals surface area contributed by atoms with Crippen LogP contribution in [-0.4, -0.2) is 36.1 Å². The molecule has 0 spiro atoms. The van der Waals surface area contributed by atoms with E-state index in [0.717, 1.165) is 31.6 Å². The molecular formula is C18H29NO4. The van der Waals surface area contributed by atoms with Gasteiger partial charge >= 0.3 is 5.97 Å². The number of carbonyl (C=O) groups is 1. The number of β-amino-alcohol motifs (C(OH)–C–C–N with tert-alkyl or cyclic N) is 1. The minimum atomic E-state index is -1.12. The van der Waals surface area contributed by atoms with Crippen molar-refractivity contribution in [3.8, 4) is 5.75 Å². The molecule has 23 heavy (non-hydrogen) atoms. The molecule has 0 saturated heterocycles. The molecule has 0 aliphatic carbocycles. The molecule has 1 aromatic rings. The fourth-order valence-corrected chi connectivity index (χ4v) is 2.21. The molecule has 1 rings (SSSR count). The van der Waals surface area contributed by atoms with E-state index in [1.165, 1.54) is 12.5 Å². The van der Waals surface area contributed by atoms with Crippen LogP contribution in [0.25, 0.3) is 0 Å². The van der Waals surface area contributed by atoms with E-state index in [4.69, 9.17) is 9.47 Å². The van der Waals surface area contributed by atoms with Crippen molar-refractivity contribution in [1.82, 2.24) is 5.32 Å². The zero-order valence-corrected chi connectivity index (χ0v) is 14.6. The fraction of sp³-hybridized carbons (Fsp3) is 0.611. The maximum Gasteiger partial charge on any atom is 0.304 e. The van der Waals surface area contributed by atoms with Crippen LogP contribution >= 0.6 is 0 Å². The molecule has 1 atom stereocenters. The molecule has 1 unspecified atom stereocenters. The number of aliphatic hydroxyl groups is 1. The highest BCUT2D eigenvalue weighted by Crippen LogP contribution is 2.17. The predicted molar refractivity (Wildman–Crippen MR) is 90.4 cm³/mol. The van der Waals surface area contributed by atoms with Gasteiger partial charge < -0.3 is 19.9 Å². The third-order valence-electron chi connectivity index (χ3n) is 3.39. The lowest BCUT2D eigenvalue weighted by Gasteiger charge is -2.27. The minimum Gasteiger partial charge on any atom is -0.494 e. The van der Waals surface area contributed by atoms with Crippen LogP contribution in [-0.2, 0) is 16.0 Å². The smallest absolute Gasteiger partial charge is 0.304 e. The Kier molecular flexibility index (Phi) is 8.06. The van der Waals surface area contributed by atoms with Gasteiger partial charge in [-0.25, -0.2) is 0 Å². The van der Waals surface area contributed by atoms with Crippen LogP contribution in [0.5, 0.6) is 5.75 Å². The number of benzene rings is 1. The Morgan fingerprint density at radius 1 is 1.30 bits per heavy atom. The quantitative estimate of drug-likeness (QED) is 0.394. The van der Waals surface area contributed by atoms with Crippen molar-refractivity contribution in [2.24, 2.45) is 0 Å². The number of esters is 1. The summed E-state index contributed by atoms with van der Waals surface area (Å²) in [7, 11) is 0. The van der Waals surface area contributed by atoms with Gasteiger partial charge in [0.25, 0.3) is 0 Å². The maximum absolute atomic E-state index is 10.8. The van der Waals surface area contributed by atoms with Crippen LogP contribution < -0.4 is 10.1 Å². The molecular weight excluding hydrogens is 294 g/mol. The van der Waals surface area contributed by atoms with Gasteiger partial charge in [0.2, 0.25) is 6.29 Å². The Bertz CT molecular complexity index is 470. The van der Waals surface area contributed by atoms with E-state index in [9.17, 15) is 9.90 Å². The molecule has 1 aromatic carbocycles. The summed E-state index contributed by atoms with van der Waals surface area (Å²) < 4.78 is 10.3. The van der Waals surface area contributed by atoms with Crippen molar-refractivity contribution >= 4 is 5.97 Å². The monoisotopic (exact) mass is 323 g/mol. The highest BCUT2D eigenvalue weighted by Gasteiger charge is 2.20. The van der Waals surface area contributed by atoms with Crippen molar-refractivity contribution in [2.45, 2.75) is 58.8 Å². The van der Waals surface area contributed by atoms with Crippen LogP contribution in [0.3, 0.4) is 0 Å². The summed E-state index contributed by atoms with van der Waals surface area (Å²) in [5.74, 6) is 0.397. The standard InChI is InChI=1S/C18H29NO4/c1-5-6-11-22-16-9-7-15(8-10-16)12-18(3,4)19-13-17(21)23-14(2)20/h7-10,17,19,21H,5-6,11-13H2,1-4H3. The summed E-state index contributed by atoms with van der Waals surface area (Å²) in [5, 5.41) is 12.8. The van der Waals surface area contributed by atoms with Gasteiger partial charge in [-0.1, -0.05) is 25.5 Å². The molecule has 0 saturated carbocycles. The Morgan fingerprint density at radius 2 is 1.96 bits per heavy atom. The molecule has 0 amide bonds. The molecule has 0 aromatic heterocycles. The normalized spacial score (nSPS) is 12.7. The molecule has 5 nitrogen and oxygen atoms in total. The van der Waals surface area contributed by atoms with Crippen LogP contribution in [0.2, 0.25) is 0 Å². The Hall–Kier alpha value is -1.59. The zero-order valence-electron chi connectivity index (χ0n) is 14.6. The maximum atomic E-state index is 10.8. The summed E-state index contributed by atoms with van der Waals surface area (Å²) >= 11 is 0. The number of unbranched alkanes of at least 4 members (excludes halogenated alkanes) is 1. The molecule has 0 heterocycles. The van der Waals surface area contributed by atoms with E-state index in [-0.39, 0.29) is 12.1 Å². The summed E-state index contributed by atoms with van der Waals surface area (Å²) in [5.41, 5.74) is 0.943. The number of carbonyl (C=O) groups excluding carboxylic acids is 1. The molecule has 2 N–H and O–H groups in total. The van der Waals surface area contributed by atoms with Crippen LogP contribution in [0.15, 0.2) is 24.3 Å². The second-order valence-corrected chi connectivity index (χ2v) is 6.35. The van der Waals surface area contributed by atoms with E-state index in [1.54, 1.807) is 0 Å². The van der Waals surface area contributed by atoms with E-state index in [0.29, 0.717) is 0 Å². The Morgan fingerprint density at radius 3 is 2.52 bits per heavy atom. The average Bonchev–Trinajstić information content (AvgIpc) is 2.46. The third-order valence-corrected chi connectivity index (χ3v) is 3.39. The number of ether oxygens (including phenoxy) is 2. The van der Waals surface area contributed by atoms with E-state index < -0.39 is 12.3 Å². The van der Waals surface area contributed by atoms with Crippen molar-refractivity contribution in [1.29, 1.82) is 0 Å². The van der Waals surface area contributed by atoms with E-state index in [1.807, 2.05) is 38.1 Å². The first-order valence-corrected chi connectivity index (χ1v) is 8.14. The summed E-state index contributed by atoms with van der Waals surface area (Å²) in [6.45, 7) is 8.44. The summed E-state index contributed by atoms with van der Waals surface area (Å²) in [4.78, 5) is 10.8. The van der Waals surface area contributed by atoms with Gasteiger partial charge in [-0.2, -0.15) is 0 Å². The van der Waals surface area contributed by atoms with Crippen LogP contribution in [0.1, 0.15) is 46.1 Å². The molecule has 0 aliphatic rings. The van der Waals surface area contributed by atoms with Gasteiger partial charge in [-0.3, -0.25) is 4.79 Å². The number of rotatable bonds is 10. The fourth-order valence-electron chi connectivity index (χ4n) is 2.21. The molecule has 0 fully saturated rings. The predicted octanol–water partition coefficient (Wildman–Crippen LogP) is 2.66. The number of hydrogen-bond acceptors (Lipinski definition) is 5. The van der Waals surface area contributed by atoms with Gasteiger partial charge in [-0.05, 0) is 44.4 Å². The first-order valence-electron chi connectivity index (χ1n) is 8.14. The van der Waals surface area contributed by atoms with Crippen LogP contribution in [0.4, 0.5) is 0 Å². The number of hydrogen-bond donors (Lipinski definition) is 2. The van der Waals surface area contributed by atoms with Gasteiger partial charge in [0.05, 0.1) is 13.2 Å². The lowest BCUT2D eigenvalue weighted by Crippen LogP contribution is -2.45. The summed E-state index contributed by atoms with van der Waals surface area (Å²) in [6, 6.07) is 8.06. The number of nitrogens with one attached hydrogen (secondary N) is 1. The largest absolute Gasteiger partial charge is 0.494 e. The Labute approximate surface area is 139 Å². The SMILES string of the molecule is CCCCOc1ccc(CC(C)(C)NCC(O)OC(C)=O)cc1. The van der Waals surface area contributed by atoms with Crippen LogP contribution in [0, 0.1) is 0 Å². The highest BCUT2D eigenvalue weighted by atomic mass is 16.6. The van der Waals surface area contributed by atoms with E-state index in [2.05, 4.69) is 12.2 Å². The van der Waals surface area contributed by atoms with Crippen molar-refractivity contribution in [2.75, 3.05) is 13.2 Å². The lowest BCUT2D eigenvalue weighted by molar-refractivity contribution is -0.164. The van der Waals surface area contributed by atoms with Gasteiger partial charge in [0.15, 0.2) is 0 Å². The second kappa shape index (κ2) is 9.53. The van der Waals surface area contributed by atoms with Crippen molar-refractivity contribution in [3.05, 3.63) is 29.8 Å². The van der Waals surface area contributed by atoms with Crippen molar-refractivity contribution < 1.29 is 19.4 Å². The number of aliphatic hydroxyl groups excluding tert-OH is 1. The first-order chi connectivity index (χ1) is 10.8. The molecule has 0 bridgehead atoms. The molecule has 0 radical (unpaired) electrons. The summed E-state index contributed by atoms with van der Waals surface area (Å²) in [6.07, 6.45) is 1.84. The van der Waals surface area contributed by atoms with Gasteiger partial charge in [0, 0.05) is 12.5 Å². The first kappa shape index (κ1) is 19.5. The topological polar surface area (TPSA) is 67.8 Å². The second-order valence-electron chi connectivity index (χ2n) is 6.35. The Balaban J connectivity index is 2.45. The minimum absolute atomic E-state index is 0.199. The lowest BCUT2D eigenvalue weighted by atomic mass is 9.95. The van der Waals surface area contributed by atoms with Gasteiger partial charge in [0.1, 0.15) is 5.75 Å². The van der Waals surface area contributed by atoms with Crippen molar-refractivity contribution in [3.63, 3.8) is 0 Å². The third kappa shape index (κ3) is 8.57. The zero-order chi connectivity index (χ0) is 17.3. The molecule has 5 heteroatoms.